The third kappa shape index (κ3) is 4.30. The van der Waals surface area contributed by atoms with Crippen molar-refractivity contribution in [3.05, 3.63) is 0 Å². The summed E-state index contributed by atoms with van der Waals surface area (Å²) in [4.78, 5) is 49.3. The molecule has 2 heterocycles. The Hall–Kier alpha value is -1.92. The van der Waals surface area contributed by atoms with Crippen LogP contribution in [0.3, 0.4) is 0 Å². The maximum Gasteiger partial charge on any atom is 0.408 e. The largest absolute Gasteiger partial charge is 0.444 e. The van der Waals surface area contributed by atoms with Gasteiger partial charge in [0.1, 0.15) is 23.7 Å². The summed E-state index contributed by atoms with van der Waals surface area (Å²) >= 11 is 0. The highest BCUT2D eigenvalue weighted by atomic mass is 16.6. The van der Waals surface area contributed by atoms with Crippen LogP contribution in [0.4, 0.5) is 4.79 Å². The smallest absolute Gasteiger partial charge is 0.408 e. The van der Waals surface area contributed by atoms with Crippen molar-refractivity contribution < 1.29 is 23.9 Å². The van der Waals surface area contributed by atoms with Gasteiger partial charge in [-0.3, -0.25) is 9.59 Å². The number of hydrogen-bond acceptors (Lipinski definition) is 5. The van der Waals surface area contributed by atoms with Crippen molar-refractivity contribution in [3.8, 4) is 0 Å². The summed E-state index contributed by atoms with van der Waals surface area (Å²) in [5.74, 6) is -0.252. The van der Waals surface area contributed by atoms with Crippen molar-refractivity contribution >= 4 is 24.1 Å². The number of nitrogens with zero attached hydrogens (tertiary/aromatic N) is 1. The molecule has 1 N–H and O–H groups in total. The summed E-state index contributed by atoms with van der Waals surface area (Å²) < 4.78 is 5.18. The Kier molecular flexibility index (Phi) is 5.06. The van der Waals surface area contributed by atoms with Gasteiger partial charge >= 0.3 is 6.09 Å². The molecule has 0 radical (unpaired) electrons. The van der Waals surface area contributed by atoms with Crippen LogP contribution in [0.15, 0.2) is 0 Å². The molecule has 2 fully saturated rings. The van der Waals surface area contributed by atoms with Gasteiger partial charge in [0.05, 0.1) is 6.04 Å². The highest BCUT2D eigenvalue weighted by molar-refractivity contribution is 5.91. The first-order chi connectivity index (χ1) is 10.7. The zero-order valence-electron chi connectivity index (χ0n) is 13.8. The molecule has 0 aromatic rings. The molecule has 2 aliphatic rings. The number of Topliss-reactive ketones (excluding diaryl/α,β-unsaturated/α-hetero) is 1. The van der Waals surface area contributed by atoms with E-state index in [1.54, 1.807) is 20.8 Å². The van der Waals surface area contributed by atoms with Crippen LogP contribution >= 0.6 is 0 Å². The van der Waals surface area contributed by atoms with Crippen LogP contribution in [0.1, 0.15) is 52.9 Å². The fourth-order valence-electron chi connectivity index (χ4n) is 3.15. The lowest BCUT2D eigenvalue weighted by Gasteiger charge is -2.33. The van der Waals surface area contributed by atoms with E-state index < -0.39 is 23.8 Å². The molecule has 23 heavy (non-hydrogen) atoms. The number of carbonyl (C=O) groups excluding carboxylic acids is 4. The first kappa shape index (κ1) is 17.4. The lowest BCUT2D eigenvalue weighted by Crippen LogP contribution is -2.55. The van der Waals surface area contributed by atoms with E-state index in [0.717, 1.165) is 6.29 Å². The molecule has 0 bridgehead atoms. The van der Waals surface area contributed by atoms with Gasteiger partial charge in [0.25, 0.3) is 0 Å². The fourth-order valence-corrected chi connectivity index (χ4v) is 3.15. The van der Waals surface area contributed by atoms with E-state index in [9.17, 15) is 19.2 Å². The number of alkyl carbamates (subject to hydrolysis) is 1. The Morgan fingerprint density at radius 1 is 1.26 bits per heavy atom. The zero-order valence-corrected chi connectivity index (χ0v) is 13.8. The highest BCUT2D eigenvalue weighted by Crippen LogP contribution is 2.29. The van der Waals surface area contributed by atoms with Crippen LogP contribution in [0, 0.1) is 0 Å². The molecule has 7 heteroatoms. The van der Waals surface area contributed by atoms with Crippen molar-refractivity contribution in [1.29, 1.82) is 0 Å². The summed E-state index contributed by atoms with van der Waals surface area (Å²) in [6.07, 6.45) is 2.01. The van der Waals surface area contributed by atoms with E-state index in [1.165, 1.54) is 4.90 Å². The summed E-state index contributed by atoms with van der Waals surface area (Å²) in [6.45, 7) is 5.19. The predicted molar refractivity (Wildman–Crippen MR) is 81.7 cm³/mol. The molecule has 0 aromatic carbocycles. The van der Waals surface area contributed by atoms with E-state index in [4.69, 9.17) is 4.74 Å². The van der Waals surface area contributed by atoms with E-state index in [-0.39, 0.29) is 37.0 Å². The third-order valence-corrected chi connectivity index (χ3v) is 4.12. The van der Waals surface area contributed by atoms with Crippen molar-refractivity contribution in [1.82, 2.24) is 10.2 Å². The number of nitrogens with one attached hydrogen (secondary N) is 1. The number of fused-ring (bicyclic) bond motifs is 1. The quantitative estimate of drug-likeness (QED) is 0.770. The summed E-state index contributed by atoms with van der Waals surface area (Å²) in [5.41, 5.74) is -0.675. The summed E-state index contributed by atoms with van der Waals surface area (Å²) in [6, 6.07) is -1.59. The number of carbonyl (C=O) groups is 4. The molecule has 2 saturated heterocycles. The minimum absolute atomic E-state index is 0.0510. The Bertz CT molecular complexity index is 511. The molecular weight excluding hydrogens is 300 g/mol. The van der Waals surface area contributed by atoms with Crippen LogP contribution in [-0.4, -0.2) is 52.7 Å². The number of amides is 2. The summed E-state index contributed by atoms with van der Waals surface area (Å²) in [7, 11) is 0. The van der Waals surface area contributed by atoms with Gasteiger partial charge < -0.3 is 19.7 Å². The van der Waals surface area contributed by atoms with E-state index in [0.29, 0.717) is 12.8 Å². The monoisotopic (exact) mass is 324 g/mol. The van der Waals surface area contributed by atoms with Gasteiger partial charge in [-0.15, -0.1) is 0 Å². The summed E-state index contributed by atoms with van der Waals surface area (Å²) in [5, 5.41) is 2.55. The average molecular weight is 324 g/mol. The highest BCUT2D eigenvalue weighted by Gasteiger charge is 2.42. The Morgan fingerprint density at radius 2 is 1.96 bits per heavy atom. The van der Waals surface area contributed by atoms with Gasteiger partial charge in [-0.05, 0) is 40.0 Å². The number of hydrogen-bond donors (Lipinski definition) is 1. The number of aldehydes is 1. The number of ketones is 1. The molecule has 2 rings (SSSR count). The number of rotatable bonds is 2. The first-order valence-electron chi connectivity index (χ1n) is 8.00. The second-order valence-corrected chi connectivity index (χ2v) is 7.16. The van der Waals surface area contributed by atoms with E-state index >= 15 is 0 Å². The molecule has 128 valence electrons. The molecule has 0 spiro atoms. The normalized spacial score (nSPS) is 28.7. The Morgan fingerprint density at radius 3 is 2.57 bits per heavy atom. The molecule has 0 aromatic heterocycles. The second-order valence-electron chi connectivity index (χ2n) is 7.16. The van der Waals surface area contributed by atoms with Crippen molar-refractivity contribution in [3.63, 3.8) is 0 Å². The van der Waals surface area contributed by atoms with Gasteiger partial charge in [-0.2, -0.15) is 0 Å². The molecular formula is C16H24N2O5. The lowest BCUT2D eigenvalue weighted by molar-refractivity contribution is -0.141. The Balaban J connectivity index is 2.14. The zero-order chi connectivity index (χ0) is 17.2. The van der Waals surface area contributed by atoms with Crippen LogP contribution < -0.4 is 5.32 Å². The predicted octanol–water partition coefficient (Wildman–Crippen LogP) is 1.19. The molecule has 2 amide bonds. The van der Waals surface area contributed by atoms with Gasteiger partial charge in [-0.1, -0.05) is 0 Å². The van der Waals surface area contributed by atoms with Crippen LogP contribution in [0.25, 0.3) is 0 Å². The fraction of sp³-hybridized carbons (Fsp3) is 0.750. The van der Waals surface area contributed by atoms with Gasteiger partial charge in [0, 0.05) is 18.9 Å². The minimum Gasteiger partial charge on any atom is -0.444 e. The molecule has 0 aliphatic carbocycles. The first-order valence-corrected chi connectivity index (χ1v) is 8.00. The van der Waals surface area contributed by atoms with E-state index in [1.807, 2.05) is 0 Å². The molecule has 7 nitrogen and oxygen atoms in total. The second kappa shape index (κ2) is 6.68. The molecule has 3 atom stereocenters. The van der Waals surface area contributed by atoms with Crippen LogP contribution in [-0.2, 0) is 19.1 Å². The SMILES string of the molecule is CC(C)(C)OC(=O)N[C@H]1CCC(=O)C[C@H]2CC[C@@H](C=O)N2C1=O. The minimum atomic E-state index is -0.836. The molecule has 0 saturated carbocycles. The third-order valence-electron chi connectivity index (χ3n) is 4.12. The van der Waals surface area contributed by atoms with Crippen LogP contribution in [0.5, 0.6) is 0 Å². The van der Waals surface area contributed by atoms with Crippen molar-refractivity contribution in [2.45, 2.75) is 76.6 Å². The Labute approximate surface area is 135 Å². The molecule has 2 aliphatic heterocycles. The maximum absolute atomic E-state index is 12.7. The standard InChI is InChI=1S/C16H24N2O5/c1-16(2,3)23-15(22)17-13-7-6-12(20)8-10-4-5-11(9-19)18(10)14(13)21/h9-11,13H,4-8H2,1-3H3,(H,17,22)/t10-,11+,13+/m1/s1. The average Bonchev–Trinajstić information content (AvgIpc) is 2.81. The van der Waals surface area contributed by atoms with Gasteiger partial charge in [-0.25, -0.2) is 4.79 Å². The van der Waals surface area contributed by atoms with Gasteiger partial charge in [0.15, 0.2) is 0 Å². The van der Waals surface area contributed by atoms with Crippen molar-refractivity contribution in [2.24, 2.45) is 0 Å². The molecule has 0 unspecified atom stereocenters. The maximum atomic E-state index is 12.7. The number of ether oxygens (including phenoxy) is 1. The lowest BCUT2D eigenvalue weighted by atomic mass is 9.98. The van der Waals surface area contributed by atoms with E-state index in [2.05, 4.69) is 5.32 Å². The van der Waals surface area contributed by atoms with Crippen molar-refractivity contribution in [2.75, 3.05) is 0 Å². The van der Waals surface area contributed by atoms with Crippen LogP contribution in [0.2, 0.25) is 0 Å². The topological polar surface area (TPSA) is 92.8 Å². The van der Waals surface area contributed by atoms with Gasteiger partial charge in [0.2, 0.25) is 5.91 Å².